The smallest absolute Gasteiger partial charge is 0.270 e. The normalized spacial score (nSPS) is 21.2. The summed E-state index contributed by atoms with van der Waals surface area (Å²) in [5.74, 6) is 0.0631. The third kappa shape index (κ3) is 3.07. The maximum absolute atomic E-state index is 12.7. The van der Waals surface area contributed by atoms with Gasteiger partial charge in [-0.2, -0.15) is 0 Å². The lowest BCUT2D eigenvalue weighted by molar-refractivity contribution is 0.0310. The summed E-state index contributed by atoms with van der Waals surface area (Å²) in [7, 11) is 0. The first kappa shape index (κ1) is 14.9. The van der Waals surface area contributed by atoms with Crippen molar-refractivity contribution in [2.75, 3.05) is 13.2 Å². The molecule has 1 aromatic heterocycles. The third-order valence-corrected chi connectivity index (χ3v) is 4.24. The number of nitrogens with one attached hydrogen (secondary N) is 1. The Labute approximate surface area is 131 Å². The third-order valence-electron chi connectivity index (χ3n) is 4.24. The molecule has 1 N–H and O–H groups in total. The fourth-order valence-corrected chi connectivity index (χ4v) is 3.20. The summed E-state index contributed by atoms with van der Waals surface area (Å²) in [6.45, 7) is 3.44. The molecule has 4 heteroatoms. The van der Waals surface area contributed by atoms with E-state index in [-0.39, 0.29) is 18.1 Å². The predicted molar refractivity (Wildman–Crippen MR) is 85.8 cm³/mol. The van der Waals surface area contributed by atoms with Crippen molar-refractivity contribution in [3.8, 4) is 0 Å². The zero-order valence-corrected chi connectivity index (χ0v) is 12.9. The van der Waals surface area contributed by atoms with Gasteiger partial charge in [0.1, 0.15) is 5.69 Å². The van der Waals surface area contributed by atoms with Gasteiger partial charge in [-0.25, -0.2) is 0 Å². The zero-order valence-electron chi connectivity index (χ0n) is 12.9. The highest BCUT2D eigenvalue weighted by Gasteiger charge is 2.38. The number of carbonyl (C=O) groups is 1. The number of H-pyrrole nitrogens is 1. The van der Waals surface area contributed by atoms with Crippen LogP contribution in [-0.2, 0) is 11.2 Å². The van der Waals surface area contributed by atoms with Gasteiger partial charge in [-0.1, -0.05) is 30.3 Å². The quantitative estimate of drug-likeness (QED) is 0.922. The van der Waals surface area contributed by atoms with Crippen molar-refractivity contribution >= 4 is 5.91 Å². The minimum Gasteiger partial charge on any atom is -0.376 e. The molecule has 2 atom stereocenters. The topological polar surface area (TPSA) is 45.3 Å². The highest BCUT2D eigenvalue weighted by Crippen LogP contribution is 2.26. The molecule has 1 fully saturated rings. The molecule has 1 aromatic carbocycles. The molecule has 22 heavy (non-hydrogen) atoms. The Balaban J connectivity index is 1.80. The van der Waals surface area contributed by atoms with Crippen LogP contribution in [0.5, 0.6) is 0 Å². The van der Waals surface area contributed by atoms with Crippen LogP contribution in [0.1, 0.15) is 29.4 Å². The average Bonchev–Trinajstić information content (AvgIpc) is 3.19. The molecule has 0 unspecified atom stereocenters. The second-order valence-electron chi connectivity index (χ2n) is 5.62. The minimum atomic E-state index is 0.0631. The van der Waals surface area contributed by atoms with Gasteiger partial charge in [-0.3, -0.25) is 4.79 Å². The van der Waals surface area contributed by atoms with Crippen LogP contribution in [0.4, 0.5) is 0 Å². The lowest BCUT2D eigenvalue weighted by Gasteiger charge is -2.28. The van der Waals surface area contributed by atoms with Gasteiger partial charge in [-0.15, -0.1) is 0 Å². The number of hydrogen-bond acceptors (Lipinski definition) is 2. The lowest BCUT2D eigenvalue weighted by atomic mass is 10.0. The van der Waals surface area contributed by atoms with E-state index in [9.17, 15) is 4.79 Å². The summed E-state index contributed by atoms with van der Waals surface area (Å²) in [5.41, 5.74) is 1.89. The van der Waals surface area contributed by atoms with Crippen LogP contribution >= 0.6 is 0 Å². The van der Waals surface area contributed by atoms with Gasteiger partial charge in [-0.05, 0) is 37.5 Å². The van der Waals surface area contributed by atoms with Crippen molar-refractivity contribution in [3.05, 3.63) is 59.9 Å². The first-order chi connectivity index (χ1) is 10.8. The van der Waals surface area contributed by atoms with Crippen LogP contribution in [-0.4, -0.2) is 41.1 Å². The number of amides is 1. The van der Waals surface area contributed by atoms with Gasteiger partial charge in [0.2, 0.25) is 0 Å². The van der Waals surface area contributed by atoms with Crippen molar-refractivity contribution in [1.29, 1.82) is 0 Å². The average molecular weight is 298 g/mol. The second-order valence-corrected chi connectivity index (χ2v) is 5.62. The van der Waals surface area contributed by atoms with E-state index >= 15 is 0 Å². The Morgan fingerprint density at radius 3 is 2.77 bits per heavy atom. The number of hydrogen-bond donors (Lipinski definition) is 1. The van der Waals surface area contributed by atoms with Crippen molar-refractivity contribution < 1.29 is 9.53 Å². The van der Waals surface area contributed by atoms with E-state index in [1.165, 1.54) is 5.56 Å². The van der Waals surface area contributed by atoms with E-state index < -0.39 is 0 Å². The number of nitrogens with zero attached hydrogens (tertiary/aromatic N) is 1. The monoisotopic (exact) mass is 298 g/mol. The molecule has 116 valence electrons. The summed E-state index contributed by atoms with van der Waals surface area (Å²) in [6, 6.07) is 14.1. The number of aromatic nitrogens is 1. The second kappa shape index (κ2) is 6.79. The van der Waals surface area contributed by atoms with Crippen LogP contribution in [0, 0.1) is 0 Å². The molecule has 3 rings (SSSR count). The Hall–Kier alpha value is -2.07. The molecule has 0 radical (unpaired) electrons. The maximum atomic E-state index is 12.7. The molecule has 1 amide bonds. The highest BCUT2D eigenvalue weighted by atomic mass is 16.5. The van der Waals surface area contributed by atoms with E-state index in [1.54, 1.807) is 6.20 Å². The number of rotatable bonds is 5. The zero-order chi connectivity index (χ0) is 15.4. The fraction of sp³-hybridized carbons (Fsp3) is 0.389. The van der Waals surface area contributed by atoms with Crippen LogP contribution < -0.4 is 0 Å². The molecule has 4 nitrogen and oxygen atoms in total. The Morgan fingerprint density at radius 2 is 2.09 bits per heavy atom. The molecular formula is C18H22N2O2. The molecule has 0 aliphatic carbocycles. The van der Waals surface area contributed by atoms with Gasteiger partial charge in [0.05, 0.1) is 12.1 Å². The number of benzene rings is 1. The number of likely N-dealkylation sites (tertiary alicyclic amines) is 1. The first-order valence-corrected chi connectivity index (χ1v) is 7.89. The van der Waals surface area contributed by atoms with E-state index in [0.29, 0.717) is 12.3 Å². The first-order valence-electron chi connectivity index (χ1n) is 7.89. The van der Waals surface area contributed by atoms with Gasteiger partial charge >= 0.3 is 0 Å². The molecule has 0 saturated carbocycles. The molecule has 0 spiro atoms. The molecule has 2 aromatic rings. The van der Waals surface area contributed by atoms with E-state index in [0.717, 1.165) is 19.4 Å². The molecular weight excluding hydrogens is 276 g/mol. The summed E-state index contributed by atoms with van der Waals surface area (Å²) in [6.07, 6.45) is 3.63. The SMILES string of the molecule is CCO[C@H]1CCN(C(=O)c2ccc[nH]2)[C@H]1Cc1ccccc1. The maximum Gasteiger partial charge on any atom is 0.270 e. The van der Waals surface area contributed by atoms with E-state index in [2.05, 4.69) is 17.1 Å². The molecule has 1 saturated heterocycles. The van der Waals surface area contributed by atoms with Crippen molar-refractivity contribution in [3.63, 3.8) is 0 Å². The van der Waals surface area contributed by atoms with Crippen LogP contribution in [0.15, 0.2) is 48.7 Å². The van der Waals surface area contributed by atoms with Crippen molar-refractivity contribution in [2.45, 2.75) is 31.9 Å². The molecule has 0 bridgehead atoms. The number of ether oxygens (including phenoxy) is 1. The predicted octanol–water partition coefficient (Wildman–Crippen LogP) is 2.88. The Kier molecular flexibility index (Phi) is 4.59. The fourth-order valence-electron chi connectivity index (χ4n) is 3.20. The van der Waals surface area contributed by atoms with Crippen molar-refractivity contribution in [1.82, 2.24) is 9.88 Å². The number of carbonyl (C=O) groups excluding carboxylic acids is 1. The van der Waals surface area contributed by atoms with Crippen LogP contribution in [0.25, 0.3) is 0 Å². The van der Waals surface area contributed by atoms with E-state index in [4.69, 9.17) is 4.74 Å². The van der Waals surface area contributed by atoms with Gasteiger partial charge in [0.25, 0.3) is 5.91 Å². The minimum absolute atomic E-state index is 0.0631. The summed E-state index contributed by atoms with van der Waals surface area (Å²) in [4.78, 5) is 17.7. The Bertz CT molecular complexity index is 595. The summed E-state index contributed by atoms with van der Waals surface area (Å²) in [5, 5.41) is 0. The van der Waals surface area contributed by atoms with E-state index in [1.807, 2.05) is 42.2 Å². The van der Waals surface area contributed by atoms with Gasteiger partial charge in [0, 0.05) is 19.3 Å². The standard InChI is InChI=1S/C18H22N2O2/c1-2-22-17-10-12-20(18(21)15-9-6-11-19-15)16(17)13-14-7-4-3-5-8-14/h3-9,11,16-17,19H,2,10,12-13H2,1H3/t16-,17-/m0/s1. The van der Waals surface area contributed by atoms with Crippen LogP contribution in [0.3, 0.4) is 0 Å². The van der Waals surface area contributed by atoms with Gasteiger partial charge < -0.3 is 14.6 Å². The van der Waals surface area contributed by atoms with Crippen LogP contribution in [0.2, 0.25) is 0 Å². The Morgan fingerprint density at radius 1 is 1.27 bits per heavy atom. The summed E-state index contributed by atoms with van der Waals surface area (Å²) < 4.78 is 5.88. The molecule has 1 aliphatic heterocycles. The number of aromatic amines is 1. The van der Waals surface area contributed by atoms with Gasteiger partial charge in [0.15, 0.2) is 0 Å². The highest BCUT2D eigenvalue weighted by molar-refractivity contribution is 5.92. The largest absolute Gasteiger partial charge is 0.376 e. The molecule has 2 heterocycles. The lowest BCUT2D eigenvalue weighted by Crippen LogP contribution is -2.42. The van der Waals surface area contributed by atoms with Crippen molar-refractivity contribution in [2.24, 2.45) is 0 Å². The summed E-state index contributed by atoms with van der Waals surface area (Å²) >= 11 is 0. The molecule has 1 aliphatic rings.